The van der Waals surface area contributed by atoms with E-state index in [4.69, 9.17) is 15.1 Å². The van der Waals surface area contributed by atoms with Crippen LogP contribution in [0.4, 0.5) is 0 Å². The molecule has 0 amide bonds. The summed E-state index contributed by atoms with van der Waals surface area (Å²) in [5.74, 6) is 0. The maximum absolute atomic E-state index is 6.67. The maximum atomic E-state index is 6.67. The smallest absolute Gasteiger partial charge is 0.144 e. The summed E-state index contributed by atoms with van der Waals surface area (Å²) in [5, 5.41) is 8.14. The standard InChI is InChI=1S/C40H32N4O/c1-26(42-40(28-16-6-3-7-17-28)43-39(41)27-14-4-2-5-15-27)29-20-12-21-32-37-35(24-13-25-36(37)45-38(29)32)44-33-22-10-8-18-30(33)31-19-9-11-23-34(31)44/h2-25,39-40,43H,41H2,1H3. The van der Waals surface area contributed by atoms with E-state index < -0.39 is 0 Å². The van der Waals surface area contributed by atoms with Crippen LogP contribution in [-0.2, 0) is 0 Å². The molecule has 0 saturated heterocycles. The number of para-hydroxylation sites is 3. The predicted octanol–water partition coefficient (Wildman–Crippen LogP) is 9.44. The highest BCUT2D eigenvalue weighted by Crippen LogP contribution is 2.39. The van der Waals surface area contributed by atoms with Crippen LogP contribution in [0, 0.1) is 0 Å². The van der Waals surface area contributed by atoms with E-state index in [2.05, 4.69) is 107 Å². The van der Waals surface area contributed by atoms with Crippen LogP contribution in [0.1, 0.15) is 35.9 Å². The Bertz CT molecular complexity index is 2280. The van der Waals surface area contributed by atoms with Crippen molar-refractivity contribution in [2.45, 2.75) is 19.3 Å². The Labute approximate surface area is 261 Å². The molecular formula is C40H32N4O. The monoisotopic (exact) mass is 584 g/mol. The molecule has 0 aliphatic heterocycles. The van der Waals surface area contributed by atoms with Crippen molar-refractivity contribution in [1.82, 2.24) is 9.88 Å². The van der Waals surface area contributed by atoms with Gasteiger partial charge in [-0.05, 0) is 48.4 Å². The highest BCUT2D eigenvalue weighted by molar-refractivity contribution is 6.18. The SMILES string of the molecule is CC(=NC(NC(N)c1ccccc1)c1ccccc1)c1cccc2c1oc1cccc(-n3c4ccccc4c4ccccc43)c12. The van der Waals surface area contributed by atoms with Gasteiger partial charge in [-0.1, -0.05) is 115 Å². The van der Waals surface area contributed by atoms with Crippen LogP contribution in [0.3, 0.4) is 0 Å². The molecule has 0 saturated carbocycles. The molecule has 0 aliphatic rings. The van der Waals surface area contributed by atoms with Gasteiger partial charge in [-0.15, -0.1) is 0 Å². The van der Waals surface area contributed by atoms with Crippen LogP contribution in [-0.4, -0.2) is 10.3 Å². The van der Waals surface area contributed by atoms with Gasteiger partial charge in [0.05, 0.1) is 28.3 Å². The van der Waals surface area contributed by atoms with Crippen molar-refractivity contribution in [1.29, 1.82) is 0 Å². The first kappa shape index (κ1) is 27.1. The van der Waals surface area contributed by atoms with E-state index in [-0.39, 0.29) is 12.3 Å². The van der Waals surface area contributed by atoms with E-state index in [1.807, 2.05) is 55.5 Å². The average Bonchev–Trinajstić information content (AvgIpc) is 3.65. The van der Waals surface area contributed by atoms with Crippen molar-refractivity contribution in [3.8, 4) is 5.69 Å². The number of benzene rings is 6. The van der Waals surface area contributed by atoms with Gasteiger partial charge in [0, 0.05) is 27.4 Å². The summed E-state index contributed by atoms with van der Waals surface area (Å²) in [7, 11) is 0. The molecule has 2 aromatic heterocycles. The number of aromatic nitrogens is 1. The molecule has 2 unspecified atom stereocenters. The number of rotatable bonds is 7. The Morgan fingerprint density at radius 3 is 1.91 bits per heavy atom. The minimum atomic E-state index is -0.385. The fourth-order valence-corrected chi connectivity index (χ4v) is 6.52. The topological polar surface area (TPSA) is 68.5 Å². The molecule has 0 aliphatic carbocycles. The molecular weight excluding hydrogens is 552 g/mol. The Hall–Kier alpha value is -5.49. The van der Waals surface area contributed by atoms with Crippen LogP contribution < -0.4 is 11.1 Å². The van der Waals surface area contributed by atoms with Crippen LogP contribution in [0.15, 0.2) is 155 Å². The first-order chi connectivity index (χ1) is 22.2. The molecule has 8 rings (SSSR count). The minimum absolute atomic E-state index is 0.353. The molecule has 2 heterocycles. The molecule has 0 spiro atoms. The molecule has 5 heteroatoms. The second-order valence-electron chi connectivity index (χ2n) is 11.4. The number of aliphatic imine (C=N–C) groups is 1. The lowest BCUT2D eigenvalue weighted by molar-refractivity contribution is 0.466. The van der Waals surface area contributed by atoms with E-state index in [1.165, 1.54) is 21.8 Å². The number of nitrogens with zero attached hydrogens (tertiary/aromatic N) is 2. The second kappa shape index (κ2) is 11.2. The number of fused-ring (bicyclic) bond motifs is 6. The molecule has 3 N–H and O–H groups in total. The number of furan rings is 1. The molecule has 0 radical (unpaired) electrons. The van der Waals surface area contributed by atoms with Crippen molar-refractivity contribution in [2.75, 3.05) is 0 Å². The van der Waals surface area contributed by atoms with Crippen LogP contribution in [0.25, 0.3) is 49.4 Å². The van der Waals surface area contributed by atoms with Crippen LogP contribution in [0.2, 0.25) is 0 Å². The molecule has 0 bridgehead atoms. The summed E-state index contributed by atoms with van der Waals surface area (Å²) < 4.78 is 9.02. The maximum Gasteiger partial charge on any atom is 0.144 e. The van der Waals surface area contributed by atoms with Crippen molar-refractivity contribution in [2.24, 2.45) is 10.7 Å². The van der Waals surface area contributed by atoms with Gasteiger partial charge in [-0.2, -0.15) is 0 Å². The van der Waals surface area contributed by atoms with Gasteiger partial charge in [0.2, 0.25) is 0 Å². The minimum Gasteiger partial charge on any atom is -0.455 e. The predicted molar refractivity (Wildman–Crippen MR) is 186 cm³/mol. The number of hydrogen-bond donors (Lipinski definition) is 2. The number of nitrogens with two attached hydrogens (primary N) is 1. The molecule has 218 valence electrons. The third-order valence-corrected chi connectivity index (χ3v) is 8.65. The van der Waals surface area contributed by atoms with E-state index >= 15 is 0 Å². The number of hydrogen-bond acceptors (Lipinski definition) is 4. The lowest BCUT2D eigenvalue weighted by atomic mass is 10.0. The highest BCUT2D eigenvalue weighted by Gasteiger charge is 2.21. The molecule has 5 nitrogen and oxygen atoms in total. The van der Waals surface area contributed by atoms with Crippen LogP contribution in [0.5, 0.6) is 0 Å². The van der Waals surface area contributed by atoms with E-state index in [1.54, 1.807) is 0 Å². The lowest BCUT2D eigenvalue weighted by Crippen LogP contribution is -2.32. The van der Waals surface area contributed by atoms with Crippen LogP contribution >= 0.6 is 0 Å². The summed E-state index contributed by atoms with van der Waals surface area (Å²) in [5.41, 5.74) is 15.6. The normalized spacial score (nSPS) is 13.6. The van der Waals surface area contributed by atoms with Crippen molar-refractivity contribution in [3.63, 3.8) is 0 Å². The largest absolute Gasteiger partial charge is 0.455 e. The summed E-state index contributed by atoms with van der Waals surface area (Å²) in [6.07, 6.45) is -0.738. The van der Waals surface area contributed by atoms with Gasteiger partial charge in [0.15, 0.2) is 0 Å². The van der Waals surface area contributed by atoms with E-state index in [0.717, 1.165) is 50.0 Å². The molecule has 2 atom stereocenters. The van der Waals surface area contributed by atoms with E-state index in [9.17, 15) is 0 Å². The van der Waals surface area contributed by atoms with Gasteiger partial charge in [0.1, 0.15) is 17.3 Å². The Kier molecular flexibility index (Phi) is 6.75. The molecule has 6 aromatic carbocycles. The summed E-state index contributed by atoms with van der Waals surface area (Å²) in [6, 6.07) is 50.1. The molecule has 8 aromatic rings. The van der Waals surface area contributed by atoms with Gasteiger partial charge >= 0.3 is 0 Å². The van der Waals surface area contributed by atoms with Crippen molar-refractivity contribution in [3.05, 3.63) is 162 Å². The van der Waals surface area contributed by atoms with Crippen molar-refractivity contribution >= 4 is 49.5 Å². The second-order valence-corrected chi connectivity index (χ2v) is 11.4. The number of nitrogens with one attached hydrogen (secondary N) is 1. The van der Waals surface area contributed by atoms with Gasteiger partial charge in [-0.25, -0.2) is 0 Å². The van der Waals surface area contributed by atoms with Gasteiger partial charge < -0.3 is 14.7 Å². The average molecular weight is 585 g/mol. The fourth-order valence-electron chi connectivity index (χ4n) is 6.52. The summed E-state index contributed by atoms with van der Waals surface area (Å²) in [4.78, 5) is 5.22. The Morgan fingerprint density at radius 2 is 1.22 bits per heavy atom. The Morgan fingerprint density at radius 1 is 0.644 bits per heavy atom. The first-order valence-corrected chi connectivity index (χ1v) is 15.3. The first-order valence-electron chi connectivity index (χ1n) is 15.3. The zero-order valence-corrected chi connectivity index (χ0v) is 24.9. The van der Waals surface area contributed by atoms with Gasteiger partial charge in [-0.3, -0.25) is 10.3 Å². The molecule has 0 fully saturated rings. The third-order valence-electron chi connectivity index (χ3n) is 8.65. The zero-order chi connectivity index (χ0) is 30.3. The summed E-state index contributed by atoms with van der Waals surface area (Å²) >= 11 is 0. The fraction of sp³-hybridized carbons (Fsp3) is 0.0750. The van der Waals surface area contributed by atoms with Crippen molar-refractivity contribution < 1.29 is 4.42 Å². The van der Waals surface area contributed by atoms with Gasteiger partial charge in [0.25, 0.3) is 0 Å². The molecule has 45 heavy (non-hydrogen) atoms. The zero-order valence-electron chi connectivity index (χ0n) is 24.9. The third kappa shape index (κ3) is 4.70. The Balaban J connectivity index is 1.28. The lowest BCUT2D eigenvalue weighted by Gasteiger charge is -2.22. The summed E-state index contributed by atoms with van der Waals surface area (Å²) in [6.45, 7) is 2.04. The quantitative estimate of drug-likeness (QED) is 0.145. The highest BCUT2D eigenvalue weighted by atomic mass is 16.3. The van der Waals surface area contributed by atoms with E-state index in [0.29, 0.717) is 0 Å².